The third-order valence-electron chi connectivity index (χ3n) is 3.83. The molecule has 1 aromatic carbocycles. The van der Waals surface area contributed by atoms with Crippen molar-refractivity contribution in [2.24, 2.45) is 0 Å². The molecule has 0 atom stereocenters. The fraction of sp³-hybridized carbons (Fsp3) is 0.222. The van der Waals surface area contributed by atoms with Crippen LogP contribution < -0.4 is 25.1 Å². The predicted octanol–water partition coefficient (Wildman–Crippen LogP) is 2.56. The molecule has 25 heavy (non-hydrogen) atoms. The smallest absolute Gasteiger partial charge is 0.253 e. The molecule has 0 aliphatic heterocycles. The highest BCUT2D eigenvalue weighted by atomic mass is 16.5. The monoisotopic (exact) mass is 341 g/mol. The van der Waals surface area contributed by atoms with E-state index in [4.69, 9.17) is 14.2 Å². The molecule has 0 radical (unpaired) electrons. The van der Waals surface area contributed by atoms with Crippen LogP contribution in [0.1, 0.15) is 5.56 Å². The molecule has 0 fully saturated rings. The minimum absolute atomic E-state index is 0.148. The van der Waals surface area contributed by atoms with Crippen LogP contribution in [-0.2, 0) is 6.54 Å². The lowest BCUT2D eigenvalue weighted by Gasteiger charge is -2.11. The fourth-order valence-electron chi connectivity index (χ4n) is 2.51. The van der Waals surface area contributed by atoms with Crippen LogP contribution in [0.2, 0.25) is 0 Å². The second-order valence-electron chi connectivity index (χ2n) is 5.34. The summed E-state index contributed by atoms with van der Waals surface area (Å²) in [6.45, 7) is 0.326. The number of nitrogens with zero attached hydrogens (tertiary/aromatic N) is 1. The molecule has 2 heterocycles. The Labute approximate surface area is 144 Å². The van der Waals surface area contributed by atoms with Crippen molar-refractivity contribution in [1.29, 1.82) is 0 Å². The molecule has 0 amide bonds. The molecule has 0 bridgehead atoms. The van der Waals surface area contributed by atoms with Crippen LogP contribution >= 0.6 is 0 Å². The first-order valence-corrected chi connectivity index (χ1v) is 7.67. The standard InChI is InChI=1S/C18H19N3O4/c1-23-13-4-5-14-11(9-13)8-12(17(22)20-14)10-19-15-6-7-16(24-2)21-18(15)25-3/h4-9,19H,10H2,1-3H3,(H,20,22). The summed E-state index contributed by atoms with van der Waals surface area (Å²) in [5.41, 5.74) is 1.89. The molecular weight excluding hydrogens is 322 g/mol. The Morgan fingerprint density at radius 2 is 1.88 bits per heavy atom. The van der Waals surface area contributed by atoms with Gasteiger partial charge in [-0.2, -0.15) is 4.98 Å². The molecule has 0 spiro atoms. The maximum Gasteiger partial charge on any atom is 0.253 e. The van der Waals surface area contributed by atoms with Crippen molar-refractivity contribution < 1.29 is 14.2 Å². The number of rotatable bonds is 6. The second-order valence-corrected chi connectivity index (χ2v) is 5.34. The lowest BCUT2D eigenvalue weighted by Crippen LogP contribution is -2.16. The van der Waals surface area contributed by atoms with Gasteiger partial charge in [0.2, 0.25) is 11.8 Å². The number of aromatic amines is 1. The van der Waals surface area contributed by atoms with E-state index in [2.05, 4.69) is 15.3 Å². The van der Waals surface area contributed by atoms with Gasteiger partial charge < -0.3 is 24.5 Å². The summed E-state index contributed by atoms with van der Waals surface area (Å²) < 4.78 is 15.6. The number of methoxy groups -OCH3 is 3. The molecule has 0 aliphatic rings. The lowest BCUT2D eigenvalue weighted by molar-refractivity contribution is 0.366. The Balaban J connectivity index is 1.88. The first-order valence-electron chi connectivity index (χ1n) is 7.67. The number of nitrogens with one attached hydrogen (secondary N) is 2. The van der Waals surface area contributed by atoms with Crippen LogP contribution in [0.3, 0.4) is 0 Å². The Hall–Kier alpha value is -3.22. The van der Waals surface area contributed by atoms with Gasteiger partial charge in [-0.15, -0.1) is 0 Å². The van der Waals surface area contributed by atoms with E-state index in [1.807, 2.05) is 24.3 Å². The minimum atomic E-state index is -0.148. The molecule has 7 nitrogen and oxygen atoms in total. The summed E-state index contributed by atoms with van der Waals surface area (Å²) in [6.07, 6.45) is 0. The molecule has 2 N–H and O–H groups in total. The molecular formula is C18H19N3O4. The summed E-state index contributed by atoms with van der Waals surface area (Å²) in [4.78, 5) is 19.4. The number of hydrogen-bond acceptors (Lipinski definition) is 6. The molecule has 7 heteroatoms. The van der Waals surface area contributed by atoms with Crippen molar-refractivity contribution >= 4 is 16.6 Å². The first kappa shape index (κ1) is 16.6. The van der Waals surface area contributed by atoms with E-state index in [-0.39, 0.29) is 5.56 Å². The normalized spacial score (nSPS) is 10.5. The number of aromatic nitrogens is 2. The van der Waals surface area contributed by atoms with Gasteiger partial charge in [-0.1, -0.05) is 0 Å². The van der Waals surface area contributed by atoms with Crippen LogP contribution in [0.25, 0.3) is 10.9 Å². The van der Waals surface area contributed by atoms with Gasteiger partial charge in [-0.3, -0.25) is 4.79 Å². The molecule has 0 saturated heterocycles. The summed E-state index contributed by atoms with van der Waals surface area (Å²) in [7, 11) is 4.68. The van der Waals surface area contributed by atoms with Crippen molar-refractivity contribution in [2.75, 3.05) is 26.6 Å². The number of H-pyrrole nitrogens is 1. The summed E-state index contributed by atoms with van der Waals surface area (Å²) in [5.74, 6) is 1.59. The van der Waals surface area contributed by atoms with Crippen molar-refractivity contribution in [1.82, 2.24) is 9.97 Å². The van der Waals surface area contributed by atoms with Gasteiger partial charge in [0.15, 0.2) is 0 Å². The molecule has 0 saturated carbocycles. The topological polar surface area (TPSA) is 85.5 Å². The summed E-state index contributed by atoms with van der Waals surface area (Å²) >= 11 is 0. The zero-order chi connectivity index (χ0) is 17.8. The zero-order valence-corrected chi connectivity index (χ0v) is 14.3. The second kappa shape index (κ2) is 7.12. The summed E-state index contributed by atoms with van der Waals surface area (Å²) in [6, 6.07) is 10.9. The van der Waals surface area contributed by atoms with Crippen LogP contribution in [0.5, 0.6) is 17.5 Å². The minimum Gasteiger partial charge on any atom is -0.497 e. The average molecular weight is 341 g/mol. The van der Waals surface area contributed by atoms with E-state index in [0.29, 0.717) is 29.6 Å². The number of benzene rings is 1. The maximum absolute atomic E-state index is 12.3. The van der Waals surface area contributed by atoms with Crippen LogP contribution in [-0.4, -0.2) is 31.3 Å². The van der Waals surface area contributed by atoms with Gasteiger partial charge in [0.25, 0.3) is 5.56 Å². The van der Waals surface area contributed by atoms with Gasteiger partial charge in [-0.05, 0) is 30.3 Å². The Morgan fingerprint density at radius 3 is 2.60 bits per heavy atom. The Kier molecular flexibility index (Phi) is 4.74. The Bertz CT molecular complexity index is 953. The van der Waals surface area contributed by atoms with Gasteiger partial charge in [0.05, 0.1) is 27.0 Å². The molecule has 3 rings (SSSR count). The molecule has 2 aromatic heterocycles. The quantitative estimate of drug-likeness (QED) is 0.717. The number of fused-ring (bicyclic) bond motifs is 1. The lowest BCUT2D eigenvalue weighted by atomic mass is 10.1. The van der Waals surface area contributed by atoms with E-state index < -0.39 is 0 Å². The number of hydrogen-bond donors (Lipinski definition) is 2. The van der Waals surface area contributed by atoms with E-state index >= 15 is 0 Å². The predicted molar refractivity (Wildman–Crippen MR) is 95.8 cm³/mol. The SMILES string of the molecule is COc1ccc2[nH]c(=O)c(CNc3ccc(OC)nc3OC)cc2c1. The largest absolute Gasteiger partial charge is 0.497 e. The van der Waals surface area contributed by atoms with Crippen molar-refractivity contribution in [3.63, 3.8) is 0 Å². The average Bonchev–Trinajstić information content (AvgIpc) is 2.65. The Morgan fingerprint density at radius 1 is 1.04 bits per heavy atom. The van der Waals surface area contributed by atoms with E-state index in [0.717, 1.165) is 16.7 Å². The highest BCUT2D eigenvalue weighted by Gasteiger charge is 2.09. The number of anilines is 1. The van der Waals surface area contributed by atoms with Crippen LogP contribution in [0.4, 0.5) is 5.69 Å². The molecule has 0 aliphatic carbocycles. The van der Waals surface area contributed by atoms with Gasteiger partial charge in [-0.25, -0.2) is 0 Å². The van der Waals surface area contributed by atoms with Crippen molar-refractivity contribution in [3.05, 3.63) is 52.3 Å². The number of ether oxygens (including phenoxy) is 3. The third-order valence-corrected chi connectivity index (χ3v) is 3.83. The zero-order valence-electron chi connectivity index (χ0n) is 14.3. The van der Waals surface area contributed by atoms with E-state index in [9.17, 15) is 4.79 Å². The molecule has 130 valence electrons. The third kappa shape index (κ3) is 3.50. The maximum atomic E-state index is 12.3. The number of pyridine rings is 2. The van der Waals surface area contributed by atoms with E-state index in [1.54, 1.807) is 19.2 Å². The summed E-state index contributed by atoms with van der Waals surface area (Å²) in [5, 5.41) is 4.07. The van der Waals surface area contributed by atoms with Crippen molar-refractivity contribution in [2.45, 2.75) is 6.54 Å². The van der Waals surface area contributed by atoms with Crippen molar-refractivity contribution in [3.8, 4) is 17.5 Å². The fourth-order valence-corrected chi connectivity index (χ4v) is 2.51. The van der Waals surface area contributed by atoms with Gasteiger partial charge >= 0.3 is 0 Å². The van der Waals surface area contributed by atoms with Crippen LogP contribution in [0, 0.1) is 0 Å². The van der Waals surface area contributed by atoms with E-state index in [1.165, 1.54) is 14.2 Å². The van der Waals surface area contributed by atoms with Gasteiger partial charge in [0.1, 0.15) is 5.75 Å². The molecule has 0 unspecified atom stereocenters. The first-order chi connectivity index (χ1) is 12.1. The molecule has 3 aromatic rings. The van der Waals surface area contributed by atoms with Gasteiger partial charge in [0, 0.05) is 29.1 Å². The highest BCUT2D eigenvalue weighted by Crippen LogP contribution is 2.25. The van der Waals surface area contributed by atoms with Crippen LogP contribution in [0.15, 0.2) is 41.2 Å². The highest BCUT2D eigenvalue weighted by molar-refractivity contribution is 5.80.